The van der Waals surface area contributed by atoms with Crippen LogP contribution in [0.3, 0.4) is 0 Å². The second kappa shape index (κ2) is 3.20. The van der Waals surface area contributed by atoms with E-state index >= 15 is 0 Å². The maximum Gasteiger partial charge on any atom is 0.416 e. The molecule has 2 aromatic rings. The maximum absolute atomic E-state index is 12.6. The average Bonchev–Trinajstić information content (AvgIpc) is 2.40. The van der Waals surface area contributed by atoms with Crippen LogP contribution in [-0.2, 0) is 6.18 Å². The van der Waals surface area contributed by atoms with Gasteiger partial charge < -0.3 is 0 Å². The molecule has 0 saturated heterocycles. The molecule has 0 unspecified atom stereocenters. The number of rotatable bonds is 0. The first-order valence-corrected chi connectivity index (χ1v) is 5.14. The van der Waals surface area contributed by atoms with Gasteiger partial charge in [-0.25, -0.2) is 4.98 Å². The van der Waals surface area contributed by atoms with Crippen LogP contribution in [0.1, 0.15) is 16.1 Å². The van der Waals surface area contributed by atoms with Crippen LogP contribution in [0.15, 0.2) is 12.1 Å². The number of aromatic nitrogens is 1. The zero-order valence-corrected chi connectivity index (χ0v) is 8.96. The van der Waals surface area contributed by atoms with Crippen molar-refractivity contribution in [3.63, 3.8) is 0 Å². The van der Waals surface area contributed by atoms with Crippen LogP contribution in [0, 0.1) is 13.8 Å². The summed E-state index contributed by atoms with van der Waals surface area (Å²) < 4.78 is 38.3. The van der Waals surface area contributed by atoms with E-state index in [9.17, 15) is 13.2 Å². The Balaban J connectivity index is 2.72. The van der Waals surface area contributed by atoms with E-state index in [1.807, 2.05) is 0 Å². The molecule has 0 bridgehead atoms. The second-order valence-electron chi connectivity index (χ2n) is 3.37. The van der Waals surface area contributed by atoms with Gasteiger partial charge in [-0.05, 0) is 31.5 Å². The Labute approximate surface area is 88.6 Å². The molecular formula is C10H8F3NS. The van der Waals surface area contributed by atoms with Gasteiger partial charge in [0.15, 0.2) is 0 Å². The molecule has 80 valence electrons. The summed E-state index contributed by atoms with van der Waals surface area (Å²) in [6.45, 7) is 3.24. The number of thiazole rings is 1. The number of benzene rings is 1. The van der Waals surface area contributed by atoms with Gasteiger partial charge in [0.25, 0.3) is 0 Å². The fraction of sp³-hybridized carbons (Fsp3) is 0.300. The van der Waals surface area contributed by atoms with E-state index in [1.54, 1.807) is 6.92 Å². The van der Waals surface area contributed by atoms with Crippen LogP contribution >= 0.6 is 11.3 Å². The van der Waals surface area contributed by atoms with Crippen molar-refractivity contribution in [2.75, 3.05) is 0 Å². The first-order valence-electron chi connectivity index (χ1n) is 4.33. The molecule has 0 aliphatic carbocycles. The van der Waals surface area contributed by atoms with E-state index in [4.69, 9.17) is 0 Å². The van der Waals surface area contributed by atoms with Gasteiger partial charge in [-0.1, -0.05) is 0 Å². The second-order valence-corrected chi connectivity index (χ2v) is 4.60. The number of hydrogen-bond donors (Lipinski definition) is 0. The Morgan fingerprint density at radius 2 is 1.87 bits per heavy atom. The highest BCUT2D eigenvalue weighted by atomic mass is 32.1. The predicted molar refractivity (Wildman–Crippen MR) is 54.1 cm³/mol. The normalized spacial score (nSPS) is 12.3. The van der Waals surface area contributed by atoms with Gasteiger partial charge in [-0.15, -0.1) is 11.3 Å². The van der Waals surface area contributed by atoms with Crippen LogP contribution in [0.2, 0.25) is 0 Å². The van der Waals surface area contributed by atoms with Crippen molar-refractivity contribution >= 4 is 21.6 Å². The standard InChI is InChI=1S/C10H8F3NS/c1-5-3-8-9(15-6(2)14-8)4-7(5)10(11,12)13/h3-4H,1-2H3. The molecule has 5 heteroatoms. The smallest absolute Gasteiger partial charge is 0.242 e. The van der Waals surface area contributed by atoms with Gasteiger partial charge in [-0.2, -0.15) is 13.2 Å². The molecule has 0 atom stereocenters. The van der Waals surface area contributed by atoms with E-state index < -0.39 is 11.7 Å². The Bertz CT molecular complexity index is 513. The molecule has 0 fully saturated rings. The van der Waals surface area contributed by atoms with Crippen LogP contribution < -0.4 is 0 Å². The van der Waals surface area contributed by atoms with Crippen molar-refractivity contribution in [1.29, 1.82) is 0 Å². The number of halogens is 3. The number of alkyl halides is 3. The zero-order valence-electron chi connectivity index (χ0n) is 8.14. The summed E-state index contributed by atoms with van der Waals surface area (Å²) in [5.74, 6) is 0. The molecule has 0 radical (unpaired) electrons. The maximum atomic E-state index is 12.6. The highest BCUT2D eigenvalue weighted by Gasteiger charge is 2.32. The minimum absolute atomic E-state index is 0.223. The molecule has 0 spiro atoms. The topological polar surface area (TPSA) is 12.9 Å². The van der Waals surface area contributed by atoms with Gasteiger partial charge >= 0.3 is 6.18 Å². The van der Waals surface area contributed by atoms with E-state index in [-0.39, 0.29) is 5.56 Å². The molecule has 1 aromatic carbocycles. The Kier molecular flexibility index (Phi) is 2.22. The van der Waals surface area contributed by atoms with Crippen LogP contribution in [-0.4, -0.2) is 4.98 Å². The van der Waals surface area contributed by atoms with Crippen molar-refractivity contribution in [2.24, 2.45) is 0 Å². The molecule has 0 saturated carbocycles. The highest BCUT2D eigenvalue weighted by Crippen LogP contribution is 2.35. The number of fused-ring (bicyclic) bond motifs is 1. The molecule has 0 aliphatic rings. The van der Waals surface area contributed by atoms with E-state index in [0.29, 0.717) is 10.2 Å². The molecule has 0 amide bonds. The van der Waals surface area contributed by atoms with Gasteiger partial charge in [0.1, 0.15) is 0 Å². The van der Waals surface area contributed by atoms with Crippen molar-refractivity contribution in [2.45, 2.75) is 20.0 Å². The Morgan fingerprint density at radius 3 is 2.47 bits per heavy atom. The molecule has 1 heterocycles. The van der Waals surface area contributed by atoms with Gasteiger partial charge in [-0.3, -0.25) is 0 Å². The van der Waals surface area contributed by atoms with Crippen molar-refractivity contribution in [3.05, 3.63) is 28.3 Å². The average molecular weight is 231 g/mol. The quantitative estimate of drug-likeness (QED) is 0.669. The summed E-state index contributed by atoms with van der Waals surface area (Å²) >= 11 is 1.28. The third-order valence-electron chi connectivity index (χ3n) is 2.15. The Hall–Kier alpha value is -1.10. The first kappa shape index (κ1) is 10.4. The molecule has 1 aromatic heterocycles. The fourth-order valence-electron chi connectivity index (χ4n) is 1.50. The minimum atomic E-state index is -4.28. The lowest BCUT2D eigenvalue weighted by molar-refractivity contribution is -0.137. The number of hydrogen-bond acceptors (Lipinski definition) is 2. The van der Waals surface area contributed by atoms with Crippen molar-refractivity contribution in [3.8, 4) is 0 Å². The predicted octanol–water partition coefficient (Wildman–Crippen LogP) is 3.93. The molecule has 1 nitrogen and oxygen atoms in total. The summed E-state index contributed by atoms with van der Waals surface area (Å²) in [4.78, 5) is 4.15. The van der Waals surface area contributed by atoms with Crippen LogP contribution in [0.25, 0.3) is 10.2 Å². The number of nitrogens with zero attached hydrogens (tertiary/aromatic N) is 1. The lowest BCUT2D eigenvalue weighted by Gasteiger charge is -2.09. The summed E-state index contributed by atoms with van der Waals surface area (Å²) in [5.41, 5.74) is 0.293. The summed E-state index contributed by atoms with van der Waals surface area (Å²) in [6, 6.07) is 2.66. The third kappa shape index (κ3) is 1.84. The molecular weight excluding hydrogens is 223 g/mol. The van der Waals surface area contributed by atoms with E-state index in [0.717, 1.165) is 5.01 Å². The van der Waals surface area contributed by atoms with Crippen LogP contribution in [0.5, 0.6) is 0 Å². The monoisotopic (exact) mass is 231 g/mol. The number of aryl methyl sites for hydroxylation is 2. The summed E-state index contributed by atoms with van der Waals surface area (Å²) in [6.07, 6.45) is -4.28. The molecule has 2 rings (SSSR count). The van der Waals surface area contributed by atoms with Crippen molar-refractivity contribution in [1.82, 2.24) is 4.98 Å². The Morgan fingerprint density at radius 1 is 1.20 bits per heavy atom. The van der Waals surface area contributed by atoms with E-state index in [2.05, 4.69) is 4.98 Å². The summed E-state index contributed by atoms with van der Waals surface area (Å²) in [7, 11) is 0. The molecule has 15 heavy (non-hydrogen) atoms. The molecule has 0 aliphatic heterocycles. The van der Waals surface area contributed by atoms with Gasteiger partial charge in [0, 0.05) is 0 Å². The third-order valence-corrected chi connectivity index (χ3v) is 3.08. The lowest BCUT2D eigenvalue weighted by atomic mass is 10.1. The minimum Gasteiger partial charge on any atom is -0.242 e. The van der Waals surface area contributed by atoms with Gasteiger partial charge in [0.05, 0.1) is 20.8 Å². The highest BCUT2D eigenvalue weighted by molar-refractivity contribution is 7.18. The fourth-order valence-corrected chi connectivity index (χ4v) is 2.35. The van der Waals surface area contributed by atoms with E-state index in [1.165, 1.54) is 30.4 Å². The van der Waals surface area contributed by atoms with Gasteiger partial charge in [0.2, 0.25) is 0 Å². The summed E-state index contributed by atoms with van der Waals surface area (Å²) in [5, 5.41) is 0.781. The van der Waals surface area contributed by atoms with Crippen molar-refractivity contribution < 1.29 is 13.2 Å². The lowest BCUT2D eigenvalue weighted by Crippen LogP contribution is -2.06. The SMILES string of the molecule is Cc1nc2cc(C)c(C(F)(F)F)cc2s1. The van der Waals surface area contributed by atoms with Crippen LogP contribution in [0.4, 0.5) is 13.2 Å². The molecule has 0 N–H and O–H groups in total. The zero-order chi connectivity index (χ0) is 11.2. The largest absolute Gasteiger partial charge is 0.416 e. The first-order chi connectivity index (χ1) is 6.88.